The van der Waals surface area contributed by atoms with Crippen LogP contribution >= 0.6 is 0 Å². The monoisotopic (exact) mass is 242 g/mol. The van der Waals surface area contributed by atoms with Crippen LogP contribution in [0.25, 0.3) is 0 Å². The molecule has 0 bridgehead atoms. The van der Waals surface area contributed by atoms with Gasteiger partial charge in [0, 0.05) is 37.8 Å². The molecule has 1 aliphatic heterocycles. The zero-order chi connectivity index (χ0) is 12.7. The fourth-order valence-corrected chi connectivity index (χ4v) is 2.73. The quantitative estimate of drug-likeness (QED) is 0.741. The highest BCUT2D eigenvalue weighted by molar-refractivity contribution is 4.87. The van der Waals surface area contributed by atoms with Gasteiger partial charge in [-0.1, -0.05) is 20.3 Å². The van der Waals surface area contributed by atoms with Crippen molar-refractivity contribution in [2.24, 2.45) is 0 Å². The van der Waals surface area contributed by atoms with Crippen molar-refractivity contribution in [3.8, 4) is 0 Å². The minimum absolute atomic E-state index is 0.543. The molecule has 0 aromatic rings. The Bertz CT molecular complexity index is 199. The van der Waals surface area contributed by atoms with Crippen molar-refractivity contribution in [3.63, 3.8) is 0 Å². The van der Waals surface area contributed by atoms with Crippen molar-refractivity contribution < 1.29 is 4.74 Å². The van der Waals surface area contributed by atoms with E-state index in [2.05, 4.69) is 37.9 Å². The van der Waals surface area contributed by atoms with Crippen molar-refractivity contribution in [3.05, 3.63) is 0 Å². The summed E-state index contributed by atoms with van der Waals surface area (Å²) in [4.78, 5) is 2.65. The van der Waals surface area contributed by atoms with Crippen molar-refractivity contribution in [2.75, 3.05) is 26.3 Å². The Hall–Kier alpha value is -0.120. The molecule has 3 heteroatoms. The van der Waals surface area contributed by atoms with Gasteiger partial charge in [0.2, 0.25) is 0 Å². The third-order valence-corrected chi connectivity index (χ3v) is 3.78. The Labute approximate surface area is 107 Å². The zero-order valence-electron chi connectivity index (χ0n) is 12.0. The van der Waals surface area contributed by atoms with Gasteiger partial charge in [-0.2, -0.15) is 0 Å². The number of hydrogen-bond acceptors (Lipinski definition) is 3. The van der Waals surface area contributed by atoms with Gasteiger partial charge in [-0.05, 0) is 26.7 Å². The molecule has 102 valence electrons. The van der Waals surface area contributed by atoms with Crippen LogP contribution < -0.4 is 5.32 Å². The molecule has 3 nitrogen and oxygen atoms in total. The van der Waals surface area contributed by atoms with E-state index in [-0.39, 0.29) is 0 Å². The minimum atomic E-state index is 0.543. The summed E-state index contributed by atoms with van der Waals surface area (Å²) >= 11 is 0. The summed E-state index contributed by atoms with van der Waals surface area (Å²) < 4.78 is 5.57. The standard InChI is InChI=1S/C14H30N2O/c1-5-8-13-10-16(12(4)11-17-7-3)14(6-2)9-15-13/h12-15H,5-11H2,1-4H3. The molecular weight excluding hydrogens is 212 g/mol. The third kappa shape index (κ3) is 4.57. The van der Waals surface area contributed by atoms with Crippen molar-refractivity contribution in [1.82, 2.24) is 10.2 Å². The molecule has 0 aliphatic carbocycles. The molecule has 0 aromatic heterocycles. The van der Waals surface area contributed by atoms with Crippen LogP contribution in [0, 0.1) is 0 Å². The van der Waals surface area contributed by atoms with Gasteiger partial charge < -0.3 is 10.1 Å². The molecule has 0 aromatic carbocycles. The summed E-state index contributed by atoms with van der Waals surface area (Å²) in [6.45, 7) is 12.9. The lowest BCUT2D eigenvalue weighted by molar-refractivity contribution is 0.0259. The molecule has 3 atom stereocenters. The second-order valence-electron chi connectivity index (χ2n) is 5.16. The van der Waals surface area contributed by atoms with Gasteiger partial charge >= 0.3 is 0 Å². The maximum Gasteiger partial charge on any atom is 0.0619 e. The topological polar surface area (TPSA) is 24.5 Å². The van der Waals surface area contributed by atoms with E-state index in [1.54, 1.807) is 0 Å². The predicted octanol–water partition coefficient (Wildman–Crippen LogP) is 2.26. The molecular formula is C14H30N2O. The Balaban J connectivity index is 2.49. The summed E-state index contributed by atoms with van der Waals surface area (Å²) in [6.07, 6.45) is 3.78. The number of nitrogens with one attached hydrogen (secondary N) is 1. The number of piperazine rings is 1. The zero-order valence-corrected chi connectivity index (χ0v) is 12.0. The Morgan fingerprint density at radius 2 is 2.12 bits per heavy atom. The molecule has 1 N–H and O–H groups in total. The minimum Gasteiger partial charge on any atom is -0.380 e. The highest BCUT2D eigenvalue weighted by atomic mass is 16.5. The van der Waals surface area contributed by atoms with Crippen LogP contribution in [0.4, 0.5) is 0 Å². The first-order chi connectivity index (χ1) is 8.22. The molecule has 0 spiro atoms. The second kappa shape index (κ2) is 8.06. The highest BCUT2D eigenvalue weighted by Gasteiger charge is 2.29. The molecule has 0 radical (unpaired) electrons. The Kier molecular flexibility index (Phi) is 7.09. The molecule has 1 rings (SSSR count). The van der Waals surface area contributed by atoms with Crippen LogP contribution in [0.5, 0.6) is 0 Å². The van der Waals surface area contributed by atoms with Gasteiger partial charge in [0.15, 0.2) is 0 Å². The molecule has 3 unspecified atom stereocenters. The van der Waals surface area contributed by atoms with Gasteiger partial charge in [-0.25, -0.2) is 0 Å². The predicted molar refractivity (Wildman–Crippen MR) is 73.4 cm³/mol. The van der Waals surface area contributed by atoms with E-state index in [0.717, 1.165) is 19.8 Å². The maximum absolute atomic E-state index is 5.57. The van der Waals surface area contributed by atoms with Gasteiger partial charge in [0.05, 0.1) is 6.61 Å². The van der Waals surface area contributed by atoms with Gasteiger partial charge in [-0.15, -0.1) is 0 Å². The summed E-state index contributed by atoms with van der Waals surface area (Å²) in [5.74, 6) is 0. The highest BCUT2D eigenvalue weighted by Crippen LogP contribution is 2.16. The number of hydrogen-bond donors (Lipinski definition) is 1. The Morgan fingerprint density at radius 3 is 2.71 bits per heavy atom. The van der Waals surface area contributed by atoms with Crippen LogP contribution in [0.3, 0.4) is 0 Å². The fourth-order valence-electron chi connectivity index (χ4n) is 2.73. The lowest BCUT2D eigenvalue weighted by Crippen LogP contribution is -2.59. The van der Waals surface area contributed by atoms with Crippen LogP contribution in [-0.4, -0.2) is 49.3 Å². The molecule has 1 heterocycles. The molecule has 0 saturated carbocycles. The van der Waals surface area contributed by atoms with Crippen molar-refractivity contribution >= 4 is 0 Å². The second-order valence-corrected chi connectivity index (χ2v) is 5.16. The van der Waals surface area contributed by atoms with E-state index in [1.165, 1.54) is 25.8 Å². The van der Waals surface area contributed by atoms with Gasteiger partial charge in [-0.3, -0.25) is 4.90 Å². The summed E-state index contributed by atoms with van der Waals surface area (Å²) in [5.41, 5.74) is 0. The fraction of sp³-hybridized carbons (Fsp3) is 1.00. The molecule has 1 saturated heterocycles. The number of rotatable bonds is 7. The van der Waals surface area contributed by atoms with E-state index in [9.17, 15) is 0 Å². The molecule has 1 fully saturated rings. The van der Waals surface area contributed by atoms with E-state index in [0.29, 0.717) is 18.1 Å². The first-order valence-corrected chi connectivity index (χ1v) is 7.29. The van der Waals surface area contributed by atoms with Crippen LogP contribution in [0.2, 0.25) is 0 Å². The molecule has 0 amide bonds. The van der Waals surface area contributed by atoms with Crippen LogP contribution in [0.15, 0.2) is 0 Å². The normalized spacial score (nSPS) is 28.2. The average molecular weight is 242 g/mol. The number of ether oxygens (including phenoxy) is 1. The summed E-state index contributed by atoms with van der Waals surface area (Å²) in [6, 6.07) is 1.90. The number of nitrogens with zero attached hydrogens (tertiary/aromatic N) is 1. The van der Waals surface area contributed by atoms with Crippen LogP contribution in [-0.2, 0) is 4.74 Å². The SMILES string of the molecule is CCCC1CN(C(C)COCC)C(CC)CN1. The first-order valence-electron chi connectivity index (χ1n) is 7.29. The largest absolute Gasteiger partial charge is 0.380 e. The molecule has 17 heavy (non-hydrogen) atoms. The van der Waals surface area contributed by atoms with Crippen LogP contribution in [0.1, 0.15) is 47.0 Å². The van der Waals surface area contributed by atoms with E-state index in [1.807, 2.05) is 0 Å². The average Bonchev–Trinajstić information content (AvgIpc) is 2.36. The lowest BCUT2D eigenvalue weighted by Gasteiger charge is -2.43. The van der Waals surface area contributed by atoms with Gasteiger partial charge in [0.25, 0.3) is 0 Å². The third-order valence-electron chi connectivity index (χ3n) is 3.78. The van der Waals surface area contributed by atoms with Crippen molar-refractivity contribution in [1.29, 1.82) is 0 Å². The summed E-state index contributed by atoms with van der Waals surface area (Å²) in [7, 11) is 0. The van der Waals surface area contributed by atoms with Crippen molar-refractivity contribution in [2.45, 2.75) is 65.1 Å². The summed E-state index contributed by atoms with van der Waals surface area (Å²) in [5, 5.41) is 3.68. The lowest BCUT2D eigenvalue weighted by atomic mass is 10.0. The van der Waals surface area contributed by atoms with E-state index >= 15 is 0 Å². The maximum atomic E-state index is 5.57. The molecule has 1 aliphatic rings. The first kappa shape index (κ1) is 14.9. The van der Waals surface area contributed by atoms with E-state index < -0.39 is 0 Å². The Morgan fingerprint density at radius 1 is 1.35 bits per heavy atom. The van der Waals surface area contributed by atoms with Gasteiger partial charge in [0.1, 0.15) is 0 Å². The smallest absolute Gasteiger partial charge is 0.0619 e. The van der Waals surface area contributed by atoms with E-state index in [4.69, 9.17) is 4.74 Å².